The number of amidine groups is 1. The largest absolute Gasteiger partial charge is 0.489 e. The lowest BCUT2D eigenvalue weighted by Crippen LogP contribution is -2.13. The summed E-state index contributed by atoms with van der Waals surface area (Å²) >= 11 is 5.86. The first-order valence-corrected chi connectivity index (χ1v) is 6.54. The van der Waals surface area contributed by atoms with E-state index in [0.717, 1.165) is 5.56 Å². The lowest BCUT2D eigenvalue weighted by atomic mass is 10.1. The van der Waals surface area contributed by atoms with Gasteiger partial charge in [-0.3, -0.25) is 0 Å². The van der Waals surface area contributed by atoms with E-state index in [-0.39, 0.29) is 12.4 Å². The Morgan fingerprint density at radius 1 is 1.33 bits per heavy atom. The van der Waals surface area contributed by atoms with Crippen LogP contribution in [0.5, 0.6) is 5.75 Å². The van der Waals surface area contributed by atoms with Crippen molar-refractivity contribution in [2.24, 2.45) is 10.9 Å². The van der Waals surface area contributed by atoms with Crippen LogP contribution in [0.4, 0.5) is 4.39 Å². The number of hydrogen-bond donors (Lipinski definition) is 2. The minimum Gasteiger partial charge on any atom is -0.489 e. The van der Waals surface area contributed by atoms with Gasteiger partial charge in [0, 0.05) is 16.1 Å². The molecule has 4 nitrogen and oxygen atoms in total. The quantitative estimate of drug-likeness (QED) is 0.393. The number of aryl methyl sites for hydroxylation is 1. The third-order valence-corrected chi connectivity index (χ3v) is 3.21. The van der Waals surface area contributed by atoms with Gasteiger partial charge in [0.25, 0.3) is 0 Å². The second kappa shape index (κ2) is 6.45. The summed E-state index contributed by atoms with van der Waals surface area (Å²) < 4.78 is 19.5. The second-order valence-electron chi connectivity index (χ2n) is 4.49. The summed E-state index contributed by atoms with van der Waals surface area (Å²) in [7, 11) is 0. The van der Waals surface area contributed by atoms with Gasteiger partial charge < -0.3 is 15.7 Å². The molecule has 0 aliphatic heterocycles. The summed E-state index contributed by atoms with van der Waals surface area (Å²) in [6.45, 7) is 1.93. The minimum atomic E-state index is -0.481. The predicted octanol–water partition coefficient (Wildman–Crippen LogP) is 3.46. The molecule has 21 heavy (non-hydrogen) atoms. The molecule has 0 saturated carbocycles. The number of nitrogens with zero attached hydrogens (tertiary/aromatic N) is 1. The maximum absolute atomic E-state index is 13.9. The van der Waals surface area contributed by atoms with Crippen LogP contribution in [0.25, 0.3) is 0 Å². The maximum atomic E-state index is 13.9. The molecule has 0 amide bonds. The number of oxime groups is 1. The minimum absolute atomic E-state index is 0.0742. The van der Waals surface area contributed by atoms with Crippen LogP contribution in [-0.2, 0) is 6.61 Å². The highest BCUT2D eigenvalue weighted by Gasteiger charge is 2.08. The fraction of sp³-hybridized carbons (Fsp3) is 0.133. The second-order valence-corrected chi connectivity index (χ2v) is 4.93. The maximum Gasteiger partial charge on any atom is 0.170 e. The predicted molar refractivity (Wildman–Crippen MR) is 79.4 cm³/mol. The van der Waals surface area contributed by atoms with E-state index in [1.165, 1.54) is 12.1 Å². The lowest BCUT2D eigenvalue weighted by Gasteiger charge is -2.10. The van der Waals surface area contributed by atoms with Crippen LogP contribution in [0.2, 0.25) is 5.02 Å². The normalized spacial score (nSPS) is 11.5. The highest BCUT2D eigenvalue weighted by atomic mass is 35.5. The van der Waals surface area contributed by atoms with Crippen molar-refractivity contribution in [2.45, 2.75) is 13.5 Å². The van der Waals surface area contributed by atoms with Crippen LogP contribution >= 0.6 is 11.6 Å². The van der Waals surface area contributed by atoms with E-state index in [2.05, 4.69) is 5.16 Å². The van der Waals surface area contributed by atoms with Crippen LogP contribution in [0.1, 0.15) is 16.7 Å². The van der Waals surface area contributed by atoms with E-state index >= 15 is 0 Å². The van der Waals surface area contributed by atoms with Crippen LogP contribution in [-0.4, -0.2) is 11.0 Å². The van der Waals surface area contributed by atoms with Gasteiger partial charge in [-0.15, -0.1) is 0 Å². The van der Waals surface area contributed by atoms with Gasteiger partial charge in [0.1, 0.15) is 18.2 Å². The number of rotatable bonds is 4. The molecule has 0 bridgehead atoms. The van der Waals surface area contributed by atoms with Crippen molar-refractivity contribution >= 4 is 17.4 Å². The van der Waals surface area contributed by atoms with E-state index in [0.29, 0.717) is 21.9 Å². The van der Waals surface area contributed by atoms with Gasteiger partial charge in [0.2, 0.25) is 0 Å². The molecule has 0 fully saturated rings. The summed E-state index contributed by atoms with van der Waals surface area (Å²) in [5.41, 5.74) is 6.95. The first kappa shape index (κ1) is 15.1. The summed E-state index contributed by atoms with van der Waals surface area (Å²) in [6.07, 6.45) is 0. The molecule has 110 valence electrons. The highest BCUT2D eigenvalue weighted by molar-refractivity contribution is 6.30. The van der Waals surface area contributed by atoms with Crippen molar-refractivity contribution in [3.63, 3.8) is 0 Å². The van der Waals surface area contributed by atoms with Crippen molar-refractivity contribution in [1.82, 2.24) is 0 Å². The summed E-state index contributed by atoms with van der Waals surface area (Å²) in [5, 5.41) is 12.0. The van der Waals surface area contributed by atoms with E-state index in [1.807, 2.05) is 6.92 Å². The molecule has 0 spiro atoms. The van der Waals surface area contributed by atoms with Gasteiger partial charge in [-0.05, 0) is 36.8 Å². The van der Waals surface area contributed by atoms with Crippen molar-refractivity contribution in [3.8, 4) is 5.75 Å². The molecule has 0 aromatic heterocycles. The molecule has 0 heterocycles. The van der Waals surface area contributed by atoms with E-state index in [1.54, 1.807) is 24.3 Å². The van der Waals surface area contributed by atoms with Gasteiger partial charge in [-0.1, -0.05) is 28.9 Å². The van der Waals surface area contributed by atoms with Crippen molar-refractivity contribution in [1.29, 1.82) is 0 Å². The van der Waals surface area contributed by atoms with Crippen LogP contribution < -0.4 is 10.5 Å². The van der Waals surface area contributed by atoms with Crippen LogP contribution in [0.15, 0.2) is 41.6 Å². The SMILES string of the molecule is Cc1cc(Cl)ccc1OCc1ccc(/C(N)=N/O)cc1F. The van der Waals surface area contributed by atoms with Gasteiger partial charge in [-0.2, -0.15) is 0 Å². The lowest BCUT2D eigenvalue weighted by molar-refractivity contribution is 0.298. The molecule has 2 aromatic carbocycles. The number of halogens is 2. The number of ether oxygens (including phenoxy) is 1. The van der Waals surface area contributed by atoms with Gasteiger partial charge in [0.05, 0.1) is 0 Å². The zero-order valence-corrected chi connectivity index (χ0v) is 12.1. The van der Waals surface area contributed by atoms with Gasteiger partial charge in [-0.25, -0.2) is 4.39 Å². The smallest absolute Gasteiger partial charge is 0.170 e. The standard InChI is InChI=1S/C15H14ClFN2O2/c1-9-6-12(16)4-5-14(9)21-8-11-3-2-10(7-13(11)17)15(18)19-20/h2-7,20H,8H2,1H3,(H2,18,19). The fourth-order valence-electron chi connectivity index (χ4n) is 1.81. The first-order valence-electron chi connectivity index (χ1n) is 6.16. The number of nitrogens with two attached hydrogens (primary N) is 1. The Bertz CT molecular complexity index is 689. The Balaban J connectivity index is 2.13. The average molecular weight is 309 g/mol. The third kappa shape index (κ3) is 3.64. The molecule has 0 aliphatic rings. The third-order valence-electron chi connectivity index (χ3n) is 2.98. The Morgan fingerprint density at radius 2 is 2.10 bits per heavy atom. The summed E-state index contributed by atoms with van der Waals surface area (Å²) in [6, 6.07) is 9.51. The number of hydrogen-bond acceptors (Lipinski definition) is 3. The molecule has 0 saturated heterocycles. The Morgan fingerprint density at radius 3 is 2.71 bits per heavy atom. The number of benzene rings is 2. The summed E-state index contributed by atoms with van der Waals surface area (Å²) in [5.74, 6) is 0.0138. The monoisotopic (exact) mass is 308 g/mol. The molecule has 0 unspecified atom stereocenters. The zero-order chi connectivity index (χ0) is 15.4. The molecule has 2 rings (SSSR count). The zero-order valence-electron chi connectivity index (χ0n) is 11.3. The molecule has 0 atom stereocenters. The molecule has 0 aliphatic carbocycles. The van der Waals surface area contributed by atoms with E-state index in [4.69, 9.17) is 27.3 Å². The topological polar surface area (TPSA) is 67.8 Å². The van der Waals surface area contributed by atoms with Crippen molar-refractivity contribution in [3.05, 3.63) is 63.9 Å². The highest BCUT2D eigenvalue weighted by Crippen LogP contribution is 2.23. The molecule has 6 heteroatoms. The Kier molecular flexibility index (Phi) is 4.65. The van der Waals surface area contributed by atoms with Crippen LogP contribution in [0.3, 0.4) is 0 Å². The van der Waals surface area contributed by atoms with Crippen molar-refractivity contribution < 1.29 is 14.3 Å². The molecule has 3 N–H and O–H groups in total. The van der Waals surface area contributed by atoms with Crippen molar-refractivity contribution in [2.75, 3.05) is 0 Å². The Hall–Kier alpha value is -2.27. The van der Waals surface area contributed by atoms with E-state index in [9.17, 15) is 4.39 Å². The molecule has 0 radical (unpaired) electrons. The average Bonchev–Trinajstić information content (AvgIpc) is 2.46. The fourth-order valence-corrected chi connectivity index (χ4v) is 2.04. The van der Waals surface area contributed by atoms with E-state index < -0.39 is 5.82 Å². The first-order chi connectivity index (χ1) is 10.0. The van der Waals surface area contributed by atoms with Gasteiger partial charge in [0.15, 0.2) is 5.84 Å². The van der Waals surface area contributed by atoms with Gasteiger partial charge >= 0.3 is 0 Å². The molecular weight excluding hydrogens is 295 g/mol. The summed E-state index contributed by atoms with van der Waals surface area (Å²) in [4.78, 5) is 0. The van der Waals surface area contributed by atoms with Crippen LogP contribution in [0, 0.1) is 12.7 Å². The molecular formula is C15H14ClFN2O2. The molecule has 2 aromatic rings. The Labute approximate surface area is 126 Å².